The van der Waals surface area contributed by atoms with Crippen molar-refractivity contribution in [3.63, 3.8) is 0 Å². The lowest BCUT2D eigenvalue weighted by atomic mass is 10.3. The van der Waals surface area contributed by atoms with Gasteiger partial charge in [-0.25, -0.2) is 0 Å². The monoisotopic (exact) mass is 260 g/mol. The number of carbonyl (C=O) groups excluding carboxylic acids is 2. The van der Waals surface area contributed by atoms with Crippen LogP contribution in [0.1, 0.15) is 27.2 Å². The minimum atomic E-state index is -0.594. The molecule has 0 aromatic rings. The number of Topliss-reactive ketones (excluding diaryl/α,β-unsaturated/α-hetero) is 1. The molecule has 0 saturated carbocycles. The molecule has 0 N–H and O–H groups in total. The van der Waals surface area contributed by atoms with E-state index in [1.165, 1.54) is 0 Å². The first-order valence-corrected chi connectivity index (χ1v) is 6.00. The summed E-state index contributed by atoms with van der Waals surface area (Å²) in [5.74, 6) is -1.41. The Labute approximate surface area is 107 Å². The number of hydrogen-bond acceptors (Lipinski definition) is 6. The largest absolute Gasteiger partial charge is 0.466 e. The van der Waals surface area contributed by atoms with Gasteiger partial charge in [0.2, 0.25) is 0 Å². The van der Waals surface area contributed by atoms with Gasteiger partial charge >= 0.3 is 5.97 Å². The van der Waals surface area contributed by atoms with Gasteiger partial charge in [-0.3, -0.25) is 9.59 Å². The highest BCUT2D eigenvalue weighted by atomic mass is 16.7. The highest BCUT2D eigenvalue weighted by Crippen LogP contribution is 2.22. The molecule has 1 unspecified atom stereocenters. The van der Waals surface area contributed by atoms with Crippen molar-refractivity contribution in [3.8, 4) is 0 Å². The van der Waals surface area contributed by atoms with E-state index in [1.807, 2.05) is 13.8 Å². The number of ketones is 1. The molecule has 1 aliphatic heterocycles. The van der Waals surface area contributed by atoms with Gasteiger partial charge in [-0.2, -0.15) is 0 Å². The summed E-state index contributed by atoms with van der Waals surface area (Å²) < 4.78 is 20.7. The Kier molecular flexibility index (Phi) is 5.71. The molecule has 0 aromatic heterocycles. The maximum atomic E-state index is 11.3. The summed E-state index contributed by atoms with van der Waals surface area (Å²) >= 11 is 0. The first-order valence-electron chi connectivity index (χ1n) is 6.00. The number of hydrogen-bond donors (Lipinski definition) is 0. The zero-order valence-corrected chi connectivity index (χ0v) is 11.1. The fourth-order valence-electron chi connectivity index (χ4n) is 1.57. The van der Waals surface area contributed by atoms with Crippen LogP contribution in [-0.4, -0.2) is 50.1 Å². The van der Waals surface area contributed by atoms with E-state index >= 15 is 0 Å². The standard InChI is InChI=1S/C12H20O6/c1-4-16-11(14)5-9(13)6-15-7-10-8-17-12(2,3)18-10/h10H,4-8H2,1-3H3. The molecule has 0 radical (unpaired) electrons. The Balaban J connectivity index is 2.11. The van der Waals surface area contributed by atoms with E-state index in [4.69, 9.17) is 14.2 Å². The molecule has 1 fully saturated rings. The van der Waals surface area contributed by atoms with Crippen LogP contribution in [0.15, 0.2) is 0 Å². The SMILES string of the molecule is CCOC(=O)CC(=O)COCC1COC(C)(C)O1. The normalized spacial score (nSPS) is 21.8. The quantitative estimate of drug-likeness (QED) is 0.495. The third-order valence-corrected chi connectivity index (χ3v) is 2.28. The van der Waals surface area contributed by atoms with Crippen LogP contribution in [0.3, 0.4) is 0 Å². The number of ether oxygens (including phenoxy) is 4. The van der Waals surface area contributed by atoms with Crippen molar-refractivity contribution in [3.05, 3.63) is 0 Å². The van der Waals surface area contributed by atoms with Gasteiger partial charge in [0.15, 0.2) is 11.6 Å². The second-order valence-electron chi connectivity index (χ2n) is 4.49. The molecule has 0 aromatic carbocycles. The molecule has 1 atom stereocenters. The molecule has 0 amide bonds. The van der Waals surface area contributed by atoms with Gasteiger partial charge < -0.3 is 18.9 Å². The molecule has 1 heterocycles. The molecule has 0 spiro atoms. The Morgan fingerprint density at radius 1 is 1.39 bits per heavy atom. The molecular formula is C12H20O6. The van der Waals surface area contributed by atoms with E-state index in [2.05, 4.69) is 4.74 Å². The van der Waals surface area contributed by atoms with Gasteiger partial charge in [0.05, 0.1) is 19.8 Å². The summed E-state index contributed by atoms with van der Waals surface area (Å²) in [6, 6.07) is 0. The third-order valence-electron chi connectivity index (χ3n) is 2.28. The predicted molar refractivity (Wildman–Crippen MR) is 62.0 cm³/mol. The Hall–Kier alpha value is -0.980. The maximum absolute atomic E-state index is 11.3. The average Bonchev–Trinajstić information content (AvgIpc) is 2.58. The highest BCUT2D eigenvalue weighted by molar-refractivity contribution is 5.96. The van der Waals surface area contributed by atoms with Crippen molar-refractivity contribution in [1.29, 1.82) is 0 Å². The Morgan fingerprint density at radius 2 is 2.11 bits per heavy atom. The van der Waals surface area contributed by atoms with Crippen molar-refractivity contribution in [2.45, 2.75) is 39.1 Å². The summed E-state index contributed by atoms with van der Waals surface area (Å²) in [4.78, 5) is 22.3. The molecule has 104 valence electrons. The lowest BCUT2D eigenvalue weighted by molar-refractivity contribution is -0.149. The van der Waals surface area contributed by atoms with Gasteiger partial charge in [0.1, 0.15) is 19.1 Å². The second kappa shape index (κ2) is 6.82. The molecule has 0 bridgehead atoms. The van der Waals surface area contributed by atoms with Crippen molar-refractivity contribution in [2.24, 2.45) is 0 Å². The molecular weight excluding hydrogens is 240 g/mol. The van der Waals surface area contributed by atoms with E-state index in [9.17, 15) is 9.59 Å². The van der Waals surface area contributed by atoms with E-state index < -0.39 is 11.8 Å². The van der Waals surface area contributed by atoms with Crippen LogP contribution < -0.4 is 0 Å². The van der Waals surface area contributed by atoms with Gasteiger partial charge in [-0.05, 0) is 20.8 Å². The van der Waals surface area contributed by atoms with Crippen LogP contribution in [0.2, 0.25) is 0 Å². The average molecular weight is 260 g/mol. The fraction of sp³-hybridized carbons (Fsp3) is 0.833. The van der Waals surface area contributed by atoms with Crippen molar-refractivity contribution in [2.75, 3.05) is 26.4 Å². The number of esters is 1. The smallest absolute Gasteiger partial charge is 0.313 e. The maximum Gasteiger partial charge on any atom is 0.313 e. The molecule has 0 aliphatic carbocycles. The molecule has 1 rings (SSSR count). The highest BCUT2D eigenvalue weighted by Gasteiger charge is 2.32. The first kappa shape index (κ1) is 15.1. The predicted octanol–water partition coefficient (Wildman–Crippen LogP) is 0.677. The number of carbonyl (C=O) groups is 2. The van der Waals surface area contributed by atoms with Crippen LogP contribution in [-0.2, 0) is 28.5 Å². The van der Waals surface area contributed by atoms with Gasteiger partial charge in [-0.15, -0.1) is 0 Å². The van der Waals surface area contributed by atoms with E-state index in [-0.39, 0.29) is 38.1 Å². The molecule has 1 saturated heterocycles. The van der Waals surface area contributed by atoms with E-state index in [1.54, 1.807) is 6.92 Å². The topological polar surface area (TPSA) is 71.1 Å². The van der Waals surface area contributed by atoms with Crippen LogP contribution in [0.25, 0.3) is 0 Å². The molecule has 6 heteroatoms. The molecule has 18 heavy (non-hydrogen) atoms. The van der Waals surface area contributed by atoms with E-state index in [0.717, 1.165) is 0 Å². The minimum absolute atomic E-state index is 0.112. The molecule has 6 nitrogen and oxygen atoms in total. The summed E-state index contributed by atoms with van der Waals surface area (Å²) in [5.41, 5.74) is 0. The van der Waals surface area contributed by atoms with Crippen LogP contribution in [0, 0.1) is 0 Å². The van der Waals surface area contributed by atoms with Crippen LogP contribution in [0.4, 0.5) is 0 Å². The van der Waals surface area contributed by atoms with E-state index in [0.29, 0.717) is 6.61 Å². The lowest BCUT2D eigenvalue weighted by Gasteiger charge is -2.16. The fourth-order valence-corrected chi connectivity index (χ4v) is 1.57. The summed E-state index contributed by atoms with van der Waals surface area (Å²) in [7, 11) is 0. The van der Waals surface area contributed by atoms with Gasteiger partial charge in [-0.1, -0.05) is 0 Å². The summed E-state index contributed by atoms with van der Waals surface area (Å²) in [5, 5.41) is 0. The van der Waals surface area contributed by atoms with Gasteiger partial charge in [0, 0.05) is 0 Å². The summed E-state index contributed by atoms with van der Waals surface area (Å²) in [6.07, 6.45) is -0.420. The molecule has 1 aliphatic rings. The summed E-state index contributed by atoms with van der Waals surface area (Å²) in [6.45, 7) is 6.21. The second-order valence-corrected chi connectivity index (χ2v) is 4.49. The lowest BCUT2D eigenvalue weighted by Crippen LogP contribution is -2.25. The Bertz CT molecular complexity index is 299. The first-order chi connectivity index (χ1) is 8.43. The number of rotatable bonds is 7. The third kappa shape index (κ3) is 5.57. The zero-order chi connectivity index (χ0) is 13.6. The van der Waals surface area contributed by atoms with Crippen molar-refractivity contribution < 1.29 is 28.5 Å². The Morgan fingerprint density at radius 3 is 2.67 bits per heavy atom. The van der Waals surface area contributed by atoms with Crippen molar-refractivity contribution in [1.82, 2.24) is 0 Å². The van der Waals surface area contributed by atoms with Crippen LogP contribution >= 0.6 is 0 Å². The van der Waals surface area contributed by atoms with Gasteiger partial charge in [0.25, 0.3) is 0 Å². The van der Waals surface area contributed by atoms with Crippen molar-refractivity contribution >= 4 is 11.8 Å². The zero-order valence-electron chi connectivity index (χ0n) is 11.1. The minimum Gasteiger partial charge on any atom is -0.466 e. The van der Waals surface area contributed by atoms with Crippen LogP contribution in [0.5, 0.6) is 0 Å².